The SMILES string of the molecule is O=C(Cc1ccc(O)cc1)NCC1CC2c3ccccc3C1c1ccccc12. The Morgan fingerprint density at radius 3 is 2.04 bits per heavy atom. The van der Waals surface area contributed by atoms with Gasteiger partial charge in [0.25, 0.3) is 0 Å². The average Bonchev–Trinajstić information content (AvgIpc) is 2.74. The van der Waals surface area contributed by atoms with Gasteiger partial charge in [0.2, 0.25) is 5.91 Å². The summed E-state index contributed by atoms with van der Waals surface area (Å²) in [6.45, 7) is 0.695. The van der Waals surface area contributed by atoms with Crippen LogP contribution in [-0.4, -0.2) is 17.6 Å². The van der Waals surface area contributed by atoms with E-state index in [1.54, 1.807) is 24.3 Å². The average molecular weight is 369 g/mol. The van der Waals surface area contributed by atoms with Gasteiger partial charge in [-0.05, 0) is 52.3 Å². The van der Waals surface area contributed by atoms with Gasteiger partial charge in [0.15, 0.2) is 0 Å². The molecule has 0 aromatic heterocycles. The predicted octanol–water partition coefficient (Wildman–Crippen LogP) is 4.35. The molecule has 1 atom stereocenters. The van der Waals surface area contributed by atoms with E-state index in [2.05, 4.69) is 53.8 Å². The Morgan fingerprint density at radius 1 is 0.857 bits per heavy atom. The van der Waals surface area contributed by atoms with Crippen LogP contribution in [0.3, 0.4) is 0 Å². The smallest absolute Gasteiger partial charge is 0.224 e. The van der Waals surface area contributed by atoms with Gasteiger partial charge in [0.05, 0.1) is 6.42 Å². The molecule has 3 heteroatoms. The minimum absolute atomic E-state index is 0.0358. The number of benzene rings is 3. The van der Waals surface area contributed by atoms with Crippen LogP contribution < -0.4 is 5.32 Å². The van der Waals surface area contributed by atoms with E-state index in [0.717, 1.165) is 12.0 Å². The molecule has 3 aromatic rings. The van der Waals surface area contributed by atoms with Crippen molar-refractivity contribution in [3.63, 3.8) is 0 Å². The number of phenolic OH excluding ortho intramolecular Hbond substituents is 1. The van der Waals surface area contributed by atoms with Crippen LogP contribution in [0.2, 0.25) is 0 Å². The quantitative estimate of drug-likeness (QED) is 0.718. The number of carbonyl (C=O) groups excluding carboxylic acids is 1. The van der Waals surface area contributed by atoms with Crippen molar-refractivity contribution in [2.75, 3.05) is 6.54 Å². The lowest BCUT2D eigenvalue weighted by atomic mass is 9.59. The third kappa shape index (κ3) is 2.88. The Bertz CT molecular complexity index is 977. The van der Waals surface area contributed by atoms with Gasteiger partial charge in [-0.1, -0.05) is 60.7 Å². The number of carbonyl (C=O) groups is 1. The van der Waals surface area contributed by atoms with Gasteiger partial charge >= 0.3 is 0 Å². The van der Waals surface area contributed by atoms with Crippen LogP contribution in [-0.2, 0) is 11.2 Å². The van der Waals surface area contributed by atoms with E-state index in [4.69, 9.17) is 0 Å². The fourth-order valence-electron chi connectivity index (χ4n) is 5.07. The second-order valence-corrected chi connectivity index (χ2v) is 7.93. The van der Waals surface area contributed by atoms with Gasteiger partial charge in [-0.15, -0.1) is 0 Å². The molecule has 1 amide bonds. The zero-order valence-electron chi connectivity index (χ0n) is 15.6. The van der Waals surface area contributed by atoms with Gasteiger partial charge in [0, 0.05) is 18.4 Å². The van der Waals surface area contributed by atoms with Gasteiger partial charge in [-0.25, -0.2) is 0 Å². The molecule has 0 radical (unpaired) electrons. The van der Waals surface area contributed by atoms with Gasteiger partial charge < -0.3 is 10.4 Å². The predicted molar refractivity (Wildman–Crippen MR) is 109 cm³/mol. The summed E-state index contributed by atoms with van der Waals surface area (Å²) in [5.74, 6) is 1.45. The van der Waals surface area contributed by atoms with Crippen molar-refractivity contribution < 1.29 is 9.90 Å². The zero-order chi connectivity index (χ0) is 19.1. The number of amides is 1. The van der Waals surface area contributed by atoms with Crippen LogP contribution in [0.1, 0.15) is 46.1 Å². The van der Waals surface area contributed by atoms with Crippen molar-refractivity contribution in [3.05, 3.63) is 101 Å². The summed E-state index contributed by atoms with van der Waals surface area (Å²) >= 11 is 0. The first-order chi connectivity index (χ1) is 13.7. The fourth-order valence-corrected chi connectivity index (χ4v) is 5.07. The van der Waals surface area contributed by atoms with Gasteiger partial charge in [0.1, 0.15) is 5.75 Å². The van der Waals surface area contributed by atoms with Crippen LogP contribution in [0.15, 0.2) is 72.8 Å². The number of nitrogens with one attached hydrogen (secondary N) is 1. The highest BCUT2D eigenvalue weighted by Crippen LogP contribution is 2.55. The highest BCUT2D eigenvalue weighted by atomic mass is 16.3. The van der Waals surface area contributed by atoms with E-state index >= 15 is 0 Å². The Labute approximate surface area is 165 Å². The van der Waals surface area contributed by atoms with E-state index in [1.165, 1.54) is 22.3 Å². The van der Waals surface area contributed by atoms with Crippen LogP contribution in [0.5, 0.6) is 5.75 Å². The topological polar surface area (TPSA) is 49.3 Å². The molecule has 3 nitrogen and oxygen atoms in total. The van der Waals surface area contributed by atoms with Crippen LogP contribution in [0, 0.1) is 5.92 Å². The largest absolute Gasteiger partial charge is 0.508 e. The normalized spacial score (nSPS) is 21.6. The molecule has 2 bridgehead atoms. The highest BCUT2D eigenvalue weighted by molar-refractivity contribution is 5.78. The molecule has 3 aliphatic rings. The van der Waals surface area contributed by atoms with E-state index in [1.807, 2.05) is 0 Å². The second kappa shape index (κ2) is 6.83. The summed E-state index contributed by atoms with van der Waals surface area (Å²) in [4.78, 5) is 12.5. The summed E-state index contributed by atoms with van der Waals surface area (Å²) in [5.41, 5.74) is 6.68. The monoisotopic (exact) mass is 369 g/mol. The molecule has 6 rings (SSSR count). The van der Waals surface area contributed by atoms with E-state index in [0.29, 0.717) is 30.7 Å². The number of hydrogen-bond acceptors (Lipinski definition) is 2. The fraction of sp³-hybridized carbons (Fsp3) is 0.240. The molecule has 0 spiro atoms. The third-order valence-electron chi connectivity index (χ3n) is 6.29. The maximum absolute atomic E-state index is 12.5. The van der Waals surface area contributed by atoms with Gasteiger partial charge in [-0.2, -0.15) is 0 Å². The molecule has 1 unspecified atom stereocenters. The number of aromatic hydroxyl groups is 1. The molecule has 0 saturated heterocycles. The number of phenols is 1. The maximum atomic E-state index is 12.5. The number of rotatable bonds is 4. The molecule has 28 heavy (non-hydrogen) atoms. The molecule has 3 aromatic carbocycles. The van der Waals surface area contributed by atoms with Crippen molar-refractivity contribution in [2.24, 2.45) is 5.92 Å². The summed E-state index contributed by atoms with van der Waals surface area (Å²) in [6, 6.07) is 24.4. The first-order valence-corrected chi connectivity index (χ1v) is 9.93. The Hall–Kier alpha value is -3.07. The van der Waals surface area contributed by atoms with Crippen molar-refractivity contribution in [1.29, 1.82) is 0 Å². The Morgan fingerprint density at radius 2 is 1.43 bits per heavy atom. The Balaban J connectivity index is 1.34. The Kier molecular flexibility index (Phi) is 4.16. The molecular weight excluding hydrogens is 346 g/mol. The molecule has 0 heterocycles. The van der Waals surface area contributed by atoms with Gasteiger partial charge in [-0.3, -0.25) is 4.79 Å². The van der Waals surface area contributed by atoms with E-state index in [9.17, 15) is 9.90 Å². The molecule has 0 fully saturated rings. The summed E-state index contributed by atoms with van der Waals surface area (Å²) < 4.78 is 0. The van der Waals surface area contributed by atoms with Crippen LogP contribution in [0.25, 0.3) is 0 Å². The maximum Gasteiger partial charge on any atom is 0.224 e. The number of hydrogen-bond donors (Lipinski definition) is 2. The highest BCUT2D eigenvalue weighted by Gasteiger charge is 2.42. The summed E-state index contributed by atoms with van der Waals surface area (Å²) in [5, 5.41) is 12.5. The lowest BCUT2D eigenvalue weighted by Crippen LogP contribution is -2.39. The van der Waals surface area contributed by atoms with Crippen molar-refractivity contribution in [1.82, 2.24) is 5.32 Å². The zero-order valence-corrected chi connectivity index (χ0v) is 15.6. The molecule has 0 saturated carbocycles. The summed E-state index contributed by atoms with van der Waals surface area (Å²) in [7, 11) is 0. The molecule has 140 valence electrons. The molecule has 0 aliphatic heterocycles. The lowest BCUT2D eigenvalue weighted by molar-refractivity contribution is -0.120. The first kappa shape index (κ1) is 17.1. The van der Waals surface area contributed by atoms with E-state index < -0.39 is 0 Å². The lowest BCUT2D eigenvalue weighted by Gasteiger charge is -2.45. The minimum atomic E-state index is 0.0358. The number of fused-ring (bicyclic) bond motifs is 1. The third-order valence-corrected chi connectivity index (χ3v) is 6.29. The molecular formula is C25H23NO2. The molecule has 3 aliphatic carbocycles. The molecule has 2 N–H and O–H groups in total. The van der Waals surface area contributed by atoms with E-state index in [-0.39, 0.29) is 11.7 Å². The summed E-state index contributed by atoms with van der Waals surface area (Å²) in [6.07, 6.45) is 1.42. The van der Waals surface area contributed by atoms with Crippen LogP contribution >= 0.6 is 0 Å². The second-order valence-electron chi connectivity index (χ2n) is 7.93. The van der Waals surface area contributed by atoms with Crippen molar-refractivity contribution >= 4 is 5.91 Å². The first-order valence-electron chi connectivity index (χ1n) is 9.93. The van der Waals surface area contributed by atoms with Crippen LogP contribution in [0.4, 0.5) is 0 Å². The standard InChI is InChI=1S/C25H23NO2/c27-18-11-9-16(10-12-18)13-24(28)26-15-17-14-23-19-5-1-3-7-21(19)25(17)22-8-4-2-6-20(22)23/h1-12,17,23,25,27H,13-15H2,(H,26,28). The van der Waals surface area contributed by atoms with Crippen molar-refractivity contribution in [2.45, 2.75) is 24.7 Å². The van der Waals surface area contributed by atoms with Crippen molar-refractivity contribution in [3.8, 4) is 5.75 Å². The minimum Gasteiger partial charge on any atom is -0.508 e.